The Morgan fingerprint density at radius 2 is 1.50 bits per heavy atom. The molecule has 0 aliphatic carbocycles. The number of aliphatic carboxylic acids is 1. The third-order valence-corrected chi connectivity index (χ3v) is 8.83. The van der Waals surface area contributed by atoms with Crippen molar-refractivity contribution in [3.63, 3.8) is 0 Å². The van der Waals surface area contributed by atoms with E-state index in [1.54, 1.807) is 34.6 Å². The number of nitrogens with one attached hydrogen (secondary N) is 1. The molecule has 0 saturated heterocycles. The largest absolute Gasteiger partial charge is 0.481 e. The van der Waals surface area contributed by atoms with E-state index in [0.29, 0.717) is 0 Å². The maximum atomic E-state index is 12.0. The molecule has 0 bridgehead atoms. The second-order valence-corrected chi connectivity index (χ2v) is 13.7. The summed E-state index contributed by atoms with van der Waals surface area (Å²) in [4.78, 5) is 23.5. The van der Waals surface area contributed by atoms with E-state index >= 15 is 0 Å². The Kier molecular flexibility index (Phi) is 7.51. The van der Waals surface area contributed by atoms with Crippen LogP contribution in [-0.4, -0.2) is 43.2 Å². The fourth-order valence-electron chi connectivity index (χ4n) is 1.87. The molecule has 0 rings (SSSR count). The predicted octanol–water partition coefficient (Wildman–Crippen LogP) is 4.01. The van der Waals surface area contributed by atoms with Gasteiger partial charge in [0.1, 0.15) is 5.60 Å². The number of rotatable bonds is 6. The highest BCUT2D eigenvalue weighted by molar-refractivity contribution is 6.74. The Bertz CT molecular complexity index is 451. The highest BCUT2D eigenvalue weighted by Gasteiger charge is 2.43. The average Bonchev–Trinajstić information content (AvgIpc) is 2.30. The van der Waals surface area contributed by atoms with E-state index in [1.165, 1.54) is 0 Å². The Balaban J connectivity index is 5.29. The lowest BCUT2D eigenvalue weighted by atomic mass is 9.99. The van der Waals surface area contributed by atoms with Crippen LogP contribution < -0.4 is 5.32 Å². The second kappa shape index (κ2) is 7.87. The number of hydrogen-bond acceptors (Lipinski definition) is 4. The zero-order valence-corrected chi connectivity index (χ0v) is 17.8. The van der Waals surface area contributed by atoms with E-state index in [0.717, 1.165) is 0 Å². The van der Waals surface area contributed by atoms with Crippen molar-refractivity contribution >= 4 is 20.4 Å². The van der Waals surface area contributed by atoms with E-state index in [9.17, 15) is 14.7 Å². The van der Waals surface area contributed by atoms with Gasteiger partial charge in [0.15, 0.2) is 8.32 Å². The minimum atomic E-state index is -2.19. The quantitative estimate of drug-likeness (QED) is 0.698. The van der Waals surface area contributed by atoms with Crippen molar-refractivity contribution < 1.29 is 23.9 Å². The second-order valence-electron chi connectivity index (χ2n) is 8.90. The predicted molar refractivity (Wildman–Crippen MR) is 97.7 cm³/mol. The molecule has 24 heavy (non-hydrogen) atoms. The first-order valence-corrected chi connectivity index (χ1v) is 11.3. The number of hydrogen-bond donors (Lipinski definition) is 2. The van der Waals surface area contributed by atoms with Crippen LogP contribution in [0.25, 0.3) is 0 Å². The van der Waals surface area contributed by atoms with Gasteiger partial charge >= 0.3 is 12.1 Å². The average molecular weight is 362 g/mol. The summed E-state index contributed by atoms with van der Waals surface area (Å²) in [5, 5.41) is 12.1. The van der Waals surface area contributed by atoms with E-state index in [-0.39, 0.29) is 5.04 Å². The van der Waals surface area contributed by atoms with Gasteiger partial charge < -0.3 is 19.6 Å². The molecule has 142 valence electrons. The molecule has 0 aliphatic heterocycles. The number of ether oxygens (including phenoxy) is 1. The number of carbonyl (C=O) groups is 2. The van der Waals surface area contributed by atoms with Crippen molar-refractivity contribution in [2.75, 3.05) is 0 Å². The molecule has 7 heteroatoms. The number of amides is 1. The fourth-order valence-corrected chi connectivity index (χ4v) is 3.31. The van der Waals surface area contributed by atoms with Crippen LogP contribution in [0.15, 0.2) is 0 Å². The molecule has 0 spiro atoms. The summed E-state index contributed by atoms with van der Waals surface area (Å²) in [7, 11) is -2.19. The molecule has 0 aromatic rings. The third-order valence-electron chi connectivity index (χ3n) is 4.36. The van der Waals surface area contributed by atoms with Gasteiger partial charge in [-0.1, -0.05) is 20.8 Å². The van der Waals surface area contributed by atoms with E-state index in [1.807, 2.05) is 0 Å². The first kappa shape index (κ1) is 22.9. The lowest BCUT2D eigenvalue weighted by Gasteiger charge is -2.42. The molecule has 3 unspecified atom stereocenters. The van der Waals surface area contributed by atoms with E-state index in [2.05, 4.69) is 39.2 Å². The van der Waals surface area contributed by atoms with Gasteiger partial charge in [0.2, 0.25) is 0 Å². The monoisotopic (exact) mass is 361 g/mol. The zero-order valence-electron chi connectivity index (χ0n) is 16.8. The fraction of sp³-hybridized carbons (Fsp3) is 0.882. The number of carboxylic acid groups (broad SMARTS) is 1. The van der Waals surface area contributed by atoms with Gasteiger partial charge in [0.25, 0.3) is 0 Å². The summed E-state index contributed by atoms with van der Waals surface area (Å²) in [6.45, 7) is 19.1. The van der Waals surface area contributed by atoms with Gasteiger partial charge in [-0.2, -0.15) is 0 Å². The van der Waals surface area contributed by atoms with Crippen LogP contribution in [0.4, 0.5) is 4.79 Å². The van der Waals surface area contributed by atoms with Crippen molar-refractivity contribution in [2.45, 2.75) is 91.3 Å². The molecule has 0 aromatic heterocycles. The SMILES string of the molecule is CC(NC(=O)OC(C)(C)C)C(O[Si](C)(C)C(C)(C)C)C(C)C(=O)O. The van der Waals surface area contributed by atoms with Crippen LogP contribution in [0.1, 0.15) is 55.4 Å². The summed E-state index contributed by atoms with van der Waals surface area (Å²) in [6.07, 6.45) is -1.20. The summed E-state index contributed by atoms with van der Waals surface area (Å²) in [5.41, 5.74) is -0.613. The van der Waals surface area contributed by atoms with Gasteiger partial charge in [0.05, 0.1) is 18.1 Å². The topological polar surface area (TPSA) is 84.9 Å². The minimum Gasteiger partial charge on any atom is -0.481 e. The number of carboxylic acids is 1. The zero-order chi connectivity index (χ0) is 19.5. The minimum absolute atomic E-state index is 0.0604. The van der Waals surface area contributed by atoms with Crippen LogP contribution in [-0.2, 0) is 14.0 Å². The van der Waals surface area contributed by atoms with Crippen LogP contribution in [0.5, 0.6) is 0 Å². The molecule has 0 radical (unpaired) electrons. The highest BCUT2D eigenvalue weighted by Crippen LogP contribution is 2.38. The molecule has 6 nitrogen and oxygen atoms in total. The van der Waals surface area contributed by atoms with Crippen molar-refractivity contribution in [3.05, 3.63) is 0 Å². The molecule has 0 heterocycles. The third kappa shape index (κ3) is 7.21. The summed E-state index contributed by atoms with van der Waals surface area (Å²) in [5.74, 6) is -1.69. The van der Waals surface area contributed by atoms with Crippen molar-refractivity contribution in [1.29, 1.82) is 0 Å². The first-order chi connectivity index (χ1) is 10.5. The molecule has 0 saturated carbocycles. The lowest BCUT2D eigenvalue weighted by molar-refractivity contribution is -0.145. The molecule has 0 fully saturated rings. The first-order valence-electron chi connectivity index (χ1n) is 8.38. The van der Waals surface area contributed by atoms with Gasteiger partial charge in [-0.15, -0.1) is 0 Å². The number of carbonyl (C=O) groups excluding carboxylic acids is 1. The lowest BCUT2D eigenvalue weighted by Crippen LogP contribution is -2.54. The smallest absolute Gasteiger partial charge is 0.407 e. The Morgan fingerprint density at radius 1 is 1.04 bits per heavy atom. The van der Waals surface area contributed by atoms with Crippen LogP contribution in [0.2, 0.25) is 18.1 Å². The van der Waals surface area contributed by atoms with Crippen molar-refractivity contribution in [1.82, 2.24) is 5.32 Å². The van der Waals surface area contributed by atoms with Crippen LogP contribution in [0, 0.1) is 5.92 Å². The van der Waals surface area contributed by atoms with Crippen LogP contribution >= 0.6 is 0 Å². The molecular formula is C17H35NO5Si. The molecule has 0 aromatic carbocycles. The molecule has 0 aliphatic rings. The maximum Gasteiger partial charge on any atom is 0.407 e. The summed E-state index contributed by atoms with van der Waals surface area (Å²) >= 11 is 0. The summed E-state index contributed by atoms with van der Waals surface area (Å²) < 4.78 is 11.6. The normalized spacial score (nSPS) is 16.9. The van der Waals surface area contributed by atoms with Gasteiger partial charge in [-0.3, -0.25) is 4.79 Å². The highest BCUT2D eigenvalue weighted by atomic mass is 28.4. The molecule has 2 N–H and O–H groups in total. The molecule has 1 amide bonds. The van der Waals surface area contributed by atoms with Gasteiger partial charge in [-0.25, -0.2) is 4.79 Å². The number of alkyl carbamates (subject to hydrolysis) is 1. The van der Waals surface area contributed by atoms with Crippen molar-refractivity contribution in [3.8, 4) is 0 Å². The van der Waals surface area contributed by atoms with E-state index in [4.69, 9.17) is 9.16 Å². The van der Waals surface area contributed by atoms with Gasteiger partial charge in [-0.05, 0) is 52.8 Å². The standard InChI is InChI=1S/C17H35NO5Si/c1-11(14(19)20)13(23-24(9,10)17(6,7)8)12(2)18-15(21)22-16(3,4)5/h11-13H,1-10H3,(H,18,21)(H,19,20). The Morgan fingerprint density at radius 3 is 1.83 bits per heavy atom. The molecule has 3 atom stereocenters. The van der Waals surface area contributed by atoms with Crippen LogP contribution in [0.3, 0.4) is 0 Å². The maximum absolute atomic E-state index is 12.0. The molecular weight excluding hydrogens is 326 g/mol. The van der Waals surface area contributed by atoms with E-state index < -0.39 is 44.0 Å². The van der Waals surface area contributed by atoms with Gasteiger partial charge in [0, 0.05) is 0 Å². The Labute approximate surface area is 147 Å². The van der Waals surface area contributed by atoms with Crippen molar-refractivity contribution in [2.24, 2.45) is 5.92 Å². The Hall–Kier alpha value is -1.08. The summed E-state index contributed by atoms with van der Waals surface area (Å²) in [6, 6.07) is -0.486.